The van der Waals surface area contributed by atoms with Crippen molar-refractivity contribution in [2.24, 2.45) is 0 Å². The zero-order valence-electron chi connectivity index (χ0n) is 17.9. The first-order valence-corrected chi connectivity index (χ1v) is 10.9. The van der Waals surface area contributed by atoms with Crippen LogP contribution in [0.1, 0.15) is 34.5 Å². The van der Waals surface area contributed by atoms with E-state index in [9.17, 15) is 9.59 Å². The van der Waals surface area contributed by atoms with E-state index in [2.05, 4.69) is 15.5 Å². The second-order valence-electron chi connectivity index (χ2n) is 7.79. The highest BCUT2D eigenvalue weighted by molar-refractivity contribution is 5.99. The van der Waals surface area contributed by atoms with Crippen LogP contribution in [0.3, 0.4) is 0 Å². The summed E-state index contributed by atoms with van der Waals surface area (Å²) >= 11 is 0. The molecule has 2 heterocycles. The maximum Gasteiger partial charge on any atom is 0.253 e. The number of hydrogen-bond donors (Lipinski definition) is 2. The van der Waals surface area contributed by atoms with Crippen LogP contribution in [-0.2, 0) is 11.3 Å². The second-order valence-corrected chi connectivity index (χ2v) is 7.79. The van der Waals surface area contributed by atoms with Crippen molar-refractivity contribution < 1.29 is 14.0 Å². The van der Waals surface area contributed by atoms with Crippen LogP contribution < -0.4 is 15.5 Å². The Morgan fingerprint density at radius 2 is 1.72 bits per heavy atom. The van der Waals surface area contributed by atoms with E-state index in [1.165, 1.54) is 0 Å². The highest BCUT2D eigenvalue weighted by atomic mass is 16.3. The van der Waals surface area contributed by atoms with Gasteiger partial charge in [0, 0.05) is 30.9 Å². The summed E-state index contributed by atoms with van der Waals surface area (Å²) < 4.78 is 5.29. The van der Waals surface area contributed by atoms with E-state index in [-0.39, 0.29) is 17.9 Å². The van der Waals surface area contributed by atoms with Crippen molar-refractivity contribution in [1.82, 2.24) is 10.6 Å². The summed E-state index contributed by atoms with van der Waals surface area (Å²) in [6.45, 7) is 1.90. The molecule has 0 saturated carbocycles. The van der Waals surface area contributed by atoms with Gasteiger partial charge in [0.2, 0.25) is 5.91 Å². The molecule has 4 rings (SSSR count). The molecule has 32 heavy (non-hydrogen) atoms. The van der Waals surface area contributed by atoms with E-state index in [0.29, 0.717) is 17.9 Å². The molecule has 1 aliphatic heterocycles. The maximum absolute atomic E-state index is 12.8. The third-order valence-corrected chi connectivity index (χ3v) is 5.56. The summed E-state index contributed by atoms with van der Waals surface area (Å²) in [5, 5.41) is 6.01. The van der Waals surface area contributed by atoms with Crippen molar-refractivity contribution in [2.75, 3.05) is 18.0 Å². The van der Waals surface area contributed by atoms with Crippen LogP contribution in [0.25, 0.3) is 6.08 Å². The van der Waals surface area contributed by atoms with Crippen LogP contribution in [0.5, 0.6) is 0 Å². The Morgan fingerprint density at radius 3 is 2.47 bits per heavy atom. The lowest BCUT2D eigenvalue weighted by Gasteiger charge is -2.34. The van der Waals surface area contributed by atoms with E-state index in [1.807, 2.05) is 66.7 Å². The van der Waals surface area contributed by atoms with Gasteiger partial charge in [0.15, 0.2) is 0 Å². The molecule has 2 amide bonds. The number of piperidine rings is 1. The number of anilines is 1. The Labute approximate surface area is 187 Å². The first-order valence-electron chi connectivity index (χ1n) is 10.9. The third kappa shape index (κ3) is 5.66. The average molecular weight is 430 g/mol. The zero-order valence-corrected chi connectivity index (χ0v) is 17.9. The van der Waals surface area contributed by atoms with Crippen molar-refractivity contribution >= 4 is 23.6 Å². The van der Waals surface area contributed by atoms with Crippen LogP contribution in [-0.4, -0.2) is 30.9 Å². The van der Waals surface area contributed by atoms with Gasteiger partial charge in [-0.25, -0.2) is 0 Å². The van der Waals surface area contributed by atoms with Gasteiger partial charge in [-0.15, -0.1) is 0 Å². The van der Waals surface area contributed by atoms with E-state index in [1.54, 1.807) is 18.4 Å². The highest BCUT2D eigenvalue weighted by Crippen LogP contribution is 2.24. The number of hydrogen-bond acceptors (Lipinski definition) is 4. The summed E-state index contributed by atoms with van der Waals surface area (Å²) in [4.78, 5) is 27.2. The molecule has 164 valence electrons. The standard InChI is InChI=1S/C26H27N3O3/c30-25(13-12-20-7-2-1-3-8-20)28-21-14-16-29(17-15-21)24-11-5-4-10-23(24)26(31)27-19-22-9-6-18-32-22/h1-13,18,21H,14-17,19H2,(H,27,31)(H,28,30). The SMILES string of the molecule is O=C(C=Cc1ccccc1)NC1CCN(c2ccccc2C(=O)NCc2ccco2)CC1. The van der Waals surface area contributed by atoms with Gasteiger partial charge in [-0.05, 0) is 48.7 Å². The Balaban J connectivity index is 1.31. The van der Waals surface area contributed by atoms with E-state index in [4.69, 9.17) is 4.42 Å². The van der Waals surface area contributed by atoms with Crippen molar-refractivity contribution in [3.63, 3.8) is 0 Å². The molecular weight excluding hydrogens is 402 g/mol. The molecule has 1 aliphatic rings. The van der Waals surface area contributed by atoms with Crippen molar-refractivity contribution in [1.29, 1.82) is 0 Å². The number of carbonyl (C=O) groups is 2. The number of carbonyl (C=O) groups excluding carboxylic acids is 2. The minimum atomic E-state index is -0.126. The average Bonchev–Trinajstić information content (AvgIpc) is 3.36. The van der Waals surface area contributed by atoms with Crippen LogP contribution in [0.4, 0.5) is 5.69 Å². The molecule has 2 aromatic carbocycles. The molecule has 0 radical (unpaired) electrons. The molecule has 0 unspecified atom stereocenters. The van der Waals surface area contributed by atoms with Gasteiger partial charge in [0.1, 0.15) is 5.76 Å². The van der Waals surface area contributed by atoms with Crippen molar-refractivity contribution in [3.8, 4) is 0 Å². The number of para-hydroxylation sites is 1. The quantitative estimate of drug-likeness (QED) is 0.557. The number of amides is 2. The number of benzene rings is 2. The van der Waals surface area contributed by atoms with Crippen molar-refractivity contribution in [3.05, 3.63) is 96.0 Å². The number of nitrogens with zero attached hydrogens (tertiary/aromatic N) is 1. The molecule has 0 bridgehead atoms. The molecule has 6 nitrogen and oxygen atoms in total. The molecule has 0 aliphatic carbocycles. The normalized spacial score (nSPS) is 14.4. The number of furan rings is 1. The Hall–Kier alpha value is -3.80. The van der Waals surface area contributed by atoms with Gasteiger partial charge in [-0.1, -0.05) is 42.5 Å². The lowest BCUT2D eigenvalue weighted by molar-refractivity contribution is -0.117. The zero-order chi connectivity index (χ0) is 22.2. The van der Waals surface area contributed by atoms with Crippen LogP contribution in [0.15, 0.2) is 83.5 Å². The van der Waals surface area contributed by atoms with Crippen molar-refractivity contribution in [2.45, 2.75) is 25.4 Å². The number of nitrogens with one attached hydrogen (secondary N) is 2. The fourth-order valence-corrected chi connectivity index (χ4v) is 3.87. The molecule has 2 N–H and O–H groups in total. The summed E-state index contributed by atoms with van der Waals surface area (Å²) in [6, 6.07) is 21.2. The smallest absolute Gasteiger partial charge is 0.253 e. The van der Waals surface area contributed by atoms with Gasteiger partial charge >= 0.3 is 0 Å². The second kappa shape index (κ2) is 10.5. The summed E-state index contributed by atoms with van der Waals surface area (Å²) in [5.41, 5.74) is 2.56. The molecule has 1 saturated heterocycles. The van der Waals surface area contributed by atoms with Gasteiger partial charge < -0.3 is 20.0 Å². The Morgan fingerprint density at radius 1 is 0.969 bits per heavy atom. The Kier molecular flexibility index (Phi) is 7.02. The Bertz CT molecular complexity index is 1050. The third-order valence-electron chi connectivity index (χ3n) is 5.56. The van der Waals surface area contributed by atoms with E-state index in [0.717, 1.165) is 37.2 Å². The van der Waals surface area contributed by atoms with Gasteiger partial charge in [0.05, 0.1) is 18.4 Å². The number of rotatable bonds is 7. The molecule has 1 aromatic heterocycles. The summed E-state index contributed by atoms with van der Waals surface area (Å²) in [6.07, 6.45) is 6.65. The topological polar surface area (TPSA) is 74.6 Å². The molecule has 6 heteroatoms. The predicted octanol–water partition coefficient (Wildman–Crippen LogP) is 4.01. The lowest BCUT2D eigenvalue weighted by atomic mass is 10.0. The van der Waals surface area contributed by atoms with E-state index < -0.39 is 0 Å². The predicted molar refractivity (Wildman–Crippen MR) is 125 cm³/mol. The molecule has 0 spiro atoms. The molecule has 0 atom stereocenters. The maximum atomic E-state index is 12.8. The molecule has 3 aromatic rings. The van der Waals surface area contributed by atoms with Crippen LogP contribution in [0.2, 0.25) is 0 Å². The van der Waals surface area contributed by atoms with Crippen LogP contribution >= 0.6 is 0 Å². The minimum Gasteiger partial charge on any atom is -0.467 e. The lowest BCUT2D eigenvalue weighted by Crippen LogP contribution is -2.44. The summed E-state index contributed by atoms with van der Waals surface area (Å²) in [5.74, 6) is 0.511. The van der Waals surface area contributed by atoms with Gasteiger partial charge in [-0.3, -0.25) is 9.59 Å². The molecular formula is C26H27N3O3. The fraction of sp³-hybridized carbons (Fsp3) is 0.231. The van der Waals surface area contributed by atoms with Gasteiger partial charge in [0.25, 0.3) is 5.91 Å². The summed E-state index contributed by atoms with van der Waals surface area (Å²) in [7, 11) is 0. The largest absolute Gasteiger partial charge is 0.467 e. The van der Waals surface area contributed by atoms with Gasteiger partial charge in [-0.2, -0.15) is 0 Å². The minimum absolute atomic E-state index is 0.0787. The highest BCUT2D eigenvalue weighted by Gasteiger charge is 2.23. The van der Waals surface area contributed by atoms with E-state index >= 15 is 0 Å². The first-order chi connectivity index (χ1) is 15.7. The first kappa shape index (κ1) is 21.4. The molecule has 1 fully saturated rings. The van der Waals surface area contributed by atoms with Crippen LogP contribution in [0, 0.1) is 0 Å². The fourth-order valence-electron chi connectivity index (χ4n) is 3.87. The monoisotopic (exact) mass is 429 g/mol.